The van der Waals surface area contributed by atoms with Gasteiger partial charge in [0.05, 0.1) is 0 Å². The molecule has 1 aromatic heterocycles. The number of benzene rings is 1. The summed E-state index contributed by atoms with van der Waals surface area (Å²) in [6.45, 7) is 8.69. The van der Waals surface area contributed by atoms with Crippen molar-refractivity contribution < 1.29 is 4.79 Å². The van der Waals surface area contributed by atoms with Gasteiger partial charge in [0.15, 0.2) is 5.11 Å². The van der Waals surface area contributed by atoms with Crippen LogP contribution in [0.5, 0.6) is 0 Å². The van der Waals surface area contributed by atoms with E-state index in [1.54, 1.807) is 4.90 Å². The molecule has 2 aromatic rings. The summed E-state index contributed by atoms with van der Waals surface area (Å²) in [4.78, 5) is 14.0. The van der Waals surface area contributed by atoms with Crippen molar-refractivity contribution >= 4 is 45.2 Å². The summed E-state index contributed by atoms with van der Waals surface area (Å²) in [5.41, 5.74) is 6.03. The van der Waals surface area contributed by atoms with Crippen LogP contribution in [0.1, 0.15) is 29.4 Å². The highest BCUT2D eigenvalue weighted by atomic mass is 79.9. The molecule has 6 heteroatoms. The third-order valence-corrected chi connectivity index (χ3v) is 5.66. The Labute approximate surface area is 161 Å². The maximum absolute atomic E-state index is 12.4. The number of nitrogens with zero attached hydrogens (tertiary/aromatic N) is 2. The average Bonchev–Trinajstić information content (AvgIpc) is 2.99. The number of aryl methyl sites for hydroxylation is 2. The third-order valence-electron chi connectivity index (χ3n) is 4.45. The van der Waals surface area contributed by atoms with Gasteiger partial charge >= 0.3 is 0 Å². The Morgan fingerprint density at radius 3 is 2.56 bits per heavy atom. The molecule has 1 aliphatic rings. The number of amides is 1. The molecular weight excluding hydrogens is 398 g/mol. The van der Waals surface area contributed by atoms with Crippen LogP contribution in [0.15, 0.2) is 34.4 Å². The summed E-state index contributed by atoms with van der Waals surface area (Å²) in [5, 5.41) is 3.49. The Hall–Kier alpha value is -1.92. The second-order valence-electron chi connectivity index (χ2n) is 6.13. The van der Waals surface area contributed by atoms with Gasteiger partial charge in [0.1, 0.15) is 5.70 Å². The zero-order valence-electron chi connectivity index (χ0n) is 14.7. The normalized spacial score (nSPS) is 16.0. The Morgan fingerprint density at radius 1 is 1.24 bits per heavy atom. The smallest absolute Gasteiger partial charge is 0.276 e. The SMILES string of the molecule is CCN1C(=O)/C(=C/c2cc(C)n(-c3ccc(Br)c(C)c3)c2C)NC1=S. The summed E-state index contributed by atoms with van der Waals surface area (Å²) >= 11 is 8.77. The number of halogens is 1. The number of likely N-dealkylation sites (N-methyl/N-ethyl adjacent to an activating group) is 1. The van der Waals surface area contributed by atoms with Crippen LogP contribution in [0.25, 0.3) is 11.8 Å². The van der Waals surface area contributed by atoms with Gasteiger partial charge < -0.3 is 9.88 Å². The maximum atomic E-state index is 12.4. The number of carbonyl (C=O) groups is 1. The highest BCUT2D eigenvalue weighted by Gasteiger charge is 2.29. The first-order valence-electron chi connectivity index (χ1n) is 8.13. The monoisotopic (exact) mass is 417 g/mol. The van der Waals surface area contributed by atoms with Crippen molar-refractivity contribution in [3.8, 4) is 5.69 Å². The van der Waals surface area contributed by atoms with Gasteiger partial charge in [-0.05, 0) is 81.4 Å². The minimum absolute atomic E-state index is 0.0724. The van der Waals surface area contributed by atoms with Crippen LogP contribution in [0.4, 0.5) is 0 Å². The molecule has 0 saturated carbocycles. The molecule has 0 spiro atoms. The Balaban J connectivity index is 2.03. The van der Waals surface area contributed by atoms with Gasteiger partial charge in [0.2, 0.25) is 0 Å². The number of hydrogen-bond donors (Lipinski definition) is 1. The maximum Gasteiger partial charge on any atom is 0.276 e. The van der Waals surface area contributed by atoms with Crippen LogP contribution in [0.3, 0.4) is 0 Å². The second-order valence-corrected chi connectivity index (χ2v) is 7.37. The number of hydrogen-bond acceptors (Lipinski definition) is 2. The molecule has 4 nitrogen and oxygen atoms in total. The lowest BCUT2D eigenvalue weighted by Crippen LogP contribution is -2.30. The van der Waals surface area contributed by atoms with Crippen molar-refractivity contribution in [3.05, 3.63) is 56.9 Å². The van der Waals surface area contributed by atoms with Gasteiger partial charge in [-0.15, -0.1) is 0 Å². The predicted molar refractivity (Wildman–Crippen MR) is 109 cm³/mol. The van der Waals surface area contributed by atoms with Gasteiger partial charge in [-0.2, -0.15) is 0 Å². The fraction of sp³-hybridized carbons (Fsp3) is 0.263. The van der Waals surface area contributed by atoms with E-state index < -0.39 is 0 Å². The predicted octanol–water partition coefficient (Wildman–Crippen LogP) is 4.24. The van der Waals surface area contributed by atoms with E-state index >= 15 is 0 Å². The standard InChI is InChI=1S/C19H20BrN3OS/c1-5-22-18(24)17(21-19(22)25)10-14-9-12(3)23(13(14)4)15-6-7-16(20)11(2)8-15/h6-10H,5H2,1-4H3,(H,21,25)/b17-10-. The van der Waals surface area contributed by atoms with Crippen LogP contribution in [-0.2, 0) is 4.79 Å². The number of nitrogens with one attached hydrogen (secondary N) is 1. The quantitative estimate of drug-likeness (QED) is 0.599. The molecule has 0 unspecified atom stereocenters. The number of thiocarbonyl (C=S) groups is 1. The zero-order valence-corrected chi connectivity index (χ0v) is 17.1. The van der Waals surface area contributed by atoms with E-state index in [0.29, 0.717) is 17.4 Å². The summed E-state index contributed by atoms with van der Waals surface area (Å²) in [7, 11) is 0. The summed E-state index contributed by atoms with van der Waals surface area (Å²) < 4.78 is 3.29. The van der Waals surface area contributed by atoms with Crippen molar-refractivity contribution in [2.45, 2.75) is 27.7 Å². The highest BCUT2D eigenvalue weighted by molar-refractivity contribution is 9.10. The van der Waals surface area contributed by atoms with Gasteiger partial charge in [-0.1, -0.05) is 15.9 Å². The average molecular weight is 418 g/mol. The number of carbonyl (C=O) groups excluding carboxylic acids is 1. The van der Waals surface area contributed by atoms with Crippen molar-refractivity contribution in [2.75, 3.05) is 6.54 Å². The van der Waals surface area contributed by atoms with Crippen LogP contribution in [0, 0.1) is 20.8 Å². The Bertz CT molecular complexity index is 914. The van der Waals surface area contributed by atoms with Crippen LogP contribution in [-0.4, -0.2) is 27.0 Å². The van der Waals surface area contributed by atoms with E-state index in [-0.39, 0.29) is 5.91 Å². The molecule has 130 valence electrons. The molecule has 3 rings (SSSR count). The van der Waals surface area contributed by atoms with Gasteiger partial charge in [0, 0.05) is 28.1 Å². The molecule has 1 saturated heterocycles. The number of rotatable bonds is 3. The van der Waals surface area contributed by atoms with Crippen molar-refractivity contribution in [1.82, 2.24) is 14.8 Å². The molecule has 0 radical (unpaired) electrons. The van der Waals surface area contributed by atoms with Crippen molar-refractivity contribution in [2.24, 2.45) is 0 Å². The zero-order chi connectivity index (χ0) is 18.3. The molecular formula is C19H20BrN3OS. The molecule has 1 aliphatic heterocycles. The lowest BCUT2D eigenvalue weighted by atomic mass is 10.2. The van der Waals surface area contributed by atoms with E-state index in [4.69, 9.17) is 12.2 Å². The van der Waals surface area contributed by atoms with E-state index in [1.165, 1.54) is 5.56 Å². The highest BCUT2D eigenvalue weighted by Crippen LogP contribution is 2.26. The molecule has 1 N–H and O–H groups in total. The Morgan fingerprint density at radius 2 is 1.96 bits per heavy atom. The van der Waals surface area contributed by atoms with Gasteiger partial charge in [-0.3, -0.25) is 9.69 Å². The van der Waals surface area contributed by atoms with E-state index in [9.17, 15) is 4.79 Å². The second kappa shape index (κ2) is 6.77. The largest absolute Gasteiger partial charge is 0.328 e. The van der Waals surface area contributed by atoms with Crippen LogP contribution < -0.4 is 5.32 Å². The van der Waals surface area contributed by atoms with E-state index in [2.05, 4.69) is 70.9 Å². The Kier molecular flexibility index (Phi) is 4.84. The van der Waals surface area contributed by atoms with Gasteiger partial charge in [0.25, 0.3) is 5.91 Å². The molecule has 2 heterocycles. The number of aromatic nitrogens is 1. The first kappa shape index (κ1) is 17.9. The molecule has 1 aromatic carbocycles. The first-order chi connectivity index (χ1) is 11.8. The minimum atomic E-state index is -0.0724. The van der Waals surface area contributed by atoms with Gasteiger partial charge in [-0.25, -0.2) is 0 Å². The lowest BCUT2D eigenvalue weighted by Gasteiger charge is -2.11. The molecule has 0 bridgehead atoms. The summed E-state index contributed by atoms with van der Waals surface area (Å²) in [6, 6.07) is 8.38. The minimum Gasteiger partial charge on any atom is -0.328 e. The van der Waals surface area contributed by atoms with Crippen molar-refractivity contribution in [3.63, 3.8) is 0 Å². The van der Waals surface area contributed by atoms with Crippen molar-refractivity contribution in [1.29, 1.82) is 0 Å². The lowest BCUT2D eigenvalue weighted by molar-refractivity contribution is -0.122. The molecule has 0 aliphatic carbocycles. The molecule has 1 amide bonds. The molecule has 1 fully saturated rings. The topological polar surface area (TPSA) is 37.3 Å². The summed E-state index contributed by atoms with van der Waals surface area (Å²) in [5.74, 6) is -0.0724. The summed E-state index contributed by atoms with van der Waals surface area (Å²) in [6.07, 6.45) is 1.88. The van der Waals surface area contributed by atoms with Crippen LogP contribution in [0.2, 0.25) is 0 Å². The van der Waals surface area contributed by atoms with E-state index in [0.717, 1.165) is 27.1 Å². The molecule has 0 atom stereocenters. The van der Waals surface area contributed by atoms with E-state index in [1.807, 2.05) is 13.0 Å². The third kappa shape index (κ3) is 3.16. The molecule has 25 heavy (non-hydrogen) atoms. The van der Waals surface area contributed by atoms with Crippen LogP contribution >= 0.6 is 28.1 Å². The first-order valence-corrected chi connectivity index (χ1v) is 9.33. The fourth-order valence-electron chi connectivity index (χ4n) is 3.11. The fourth-order valence-corrected chi connectivity index (χ4v) is 3.68.